The average Bonchev–Trinajstić information content (AvgIpc) is 2.48. The van der Waals surface area contributed by atoms with Crippen LogP contribution < -0.4 is 5.32 Å². The highest BCUT2D eigenvalue weighted by atomic mass is 16.1. The van der Waals surface area contributed by atoms with Crippen molar-refractivity contribution in [2.24, 2.45) is 0 Å². The number of benzene rings is 1. The first-order valence-electron chi connectivity index (χ1n) is 6.38. The summed E-state index contributed by atoms with van der Waals surface area (Å²) in [6.45, 7) is 4.28. The highest BCUT2D eigenvalue weighted by Gasteiger charge is 2.12. The number of hydrogen-bond acceptors (Lipinski definition) is 3. The van der Waals surface area contributed by atoms with E-state index in [1.807, 2.05) is 24.3 Å². The van der Waals surface area contributed by atoms with Gasteiger partial charge in [0.05, 0.1) is 6.20 Å². The molecule has 0 saturated heterocycles. The lowest BCUT2D eigenvalue weighted by atomic mass is 9.97. The van der Waals surface area contributed by atoms with Crippen LogP contribution in [0.5, 0.6) is 0 Å². The number of amides is 1. The topological polar surface area (TPSA) is 54.9 Å². The second-order valence-electron chi connectivity index (χ2n) is 4.44. The van der Waals surface area contributed by atoms with E-state index >= 15 is 0 Å². The van der Waals surface area contributed by atoms with Crippen LogP contribution in [0, 0.1) is 0 Å². The average molecular weight is 255 g/mol. The maximum Gasteiger partial charge on any atom is 0.275 e. The van der Waals surface area contributed by atoms with Crippen molar-refractivity contribution >= 4 is 11.6 Å². The molecule has 98 valence electrons. The number of carbonyl (C=O) groups excluding carboxylic acids is 1. The van der Waals surface area contributed by atoms with Crippen LogP contribution in [0.4, 0.5) is 5.69 Å². The molecule has 0 aliphatic rings. The van der Waals surface area contributed by atoms with Crippen molar-refractivity contribution in [3.05, 3.63) is 54.1 Å². The van der Waals surface area contributed by atoms with Gasteiger partial charge in [-0.3, -0.25) is 9.78 Å². The van der Waals surface area contributed by atoms with Crippen LogP contribution >= 0.6 is 0 Å². The summed E-state index contributed by atoms with van der Waals surface area (Å²) in [4.78, 5) is 20.0. The van der Waals surface area contributed by atoms with Gasteiger partial charge in [-0.25, -0.2) is 4.98 Å². The summed E-state index contributed by atoms with van der Waals surface area (Å²) in [5, 5.41) is 2.90. The molecule has 4 nitrogen and oxygen atoms in total. The fourth-order valence-electron chi connectivity index (χ4n) is 1.86. The number of para-hydroxylation sites is 1. The molecule has 0 aliphatic carbocycles. The molecule has 0 fully saturated rings. The molecule has 1 aromatic carbocycles. The van der Waals surface area contributed by atoms with Gasteiger partial charge in [0.25, 0.3) is 5.91 Å². The van der Waals surface area contributed by atoms with Crippen LogP contribution in [0.15, 0.2) is 42.9 Å². The first-order valence-corrected chi connectivity index (χ1v) is 6.38. The van der Waals surface area contributed by atoms with E-state index in [1.54, 1.807) is 6.20 Å². The smallest absolute Gasteiger partial charge is 0.275 e. The molecule has 1 amide bonds. The summed E-state index contributed by atoms with van der Waals surface area (Å²) in [6.07, 6.45) is 5.54. The minimum atomic E-state index is -0.233. The van der Waals surface area contributed by atoms with Crippen molar-refractivity contribution in [1.29, 1.82) is 0 Å². The summed E-state index contributed by atoms with van der Waals surface area (Å²) in [6, 6.07) is 7.86. The van der Waals surface area contributed by atoms with Crippen molar-refractivity contribution in [3.8, 4) is 0 Å². The van der Waals surface area contributed by atoms with E-state index in [0.717, 1.165) is 17.7 Å². The number of nitrogens with one attached hydrogen (secondary N) is 1. The van der Waals surface area contributed by atoms with Crippen molar-refractivity contribution in [1.82, 2.24) is 9.97 Å². The molecule has 0 bridgehead atoms. The molecule has 4 heteroatoms. The SMILES string of the molecule is CC[C@@H](C)c1ccccc1NC(=O)c1cnccn1. The van der Waals surface area contributed by atoms with E-state index in [4.69, 9.17) is 0 Å². The molecule has 0 unspecified atom stereocenters. The number of aromatic nitrogens is 2. The summed E-state index contributed by atoms with van der Waals surface area (Å²) in [5.41, 5.74) is 2.30. The predicted octanol–water partition coefficient (Wildman–Crippen LogP) is 3.24. The van der Waals surface area contributed by atoms with Crippen LogP contribution in [-0.4, -0.2) is 15.9 Å². The summed E-state index contributed by atoms with van der Waals surface area (Å²) < 4.78 is 0. The zero-order valence-corrected chi connectivity index (χ0v) is 11.1. The van der Waals surface area contributed by atoms with Gasteiger partial charge in [0.1, 0.15) is 5.69 Å². The van der Waals surface area contributed by atoms with E-state index in [2.05, 4.69) is 29.1 Å². The van der Waals surface area contributed by atoms with Crippen molar-refractivity contribution < 1.29 is 4.79 Å². The van der Waals surface area contributed by atoms with E-state index < -0.39 is 0 Å². The number of carbonyl (C=O) groups is 1. The third kappa shape index (κ3) is 3.16. The minimum Gasteiger partial charge on any atom is -0.320 e. The summed E-state index contributed by atoms with van der Waals surface area (Å²) in [5.74, 6) is 0.169. The minimum absolute atomic E-state index is 0.233. The quantitative estimate of drug-likeness (QED) is 0.912. The Balaban J connectivity index is 2.22. The maximum absolute atomic E-state index is 12.1. The molecule has 1 atom stereocenters. The Morgan fingerprint density at radius 2 is 2.11 bits per heavy atom. The van der Waals surface area contributed by atoms with Crippen LogP contribution in [0.25, 0.3) is 0 Å². The highest BCUT2D eigenvalue weighted by Crippen LogP contribution is 2.26. The highest BCUT2D eigenvalue weighted by molar-refractivity contribution is 6.03. The number of nitrogens with zero attached hydrogens (tertiary/aromatic N) is 2. The second kappa shape index (κ2) is 6.09. The molecule has 0 aliphatic heterocycles. The fraction of sp³-hybridized carbons (Fsp3) is 0.267. The van der Waals surface area contributed by atoms with E-state index in [0.29, 0.717) is 11.6 Å². The van der Waals surface area contributed by atoms with Gasteiger partial charge in [-0.05, 0) is 24.0 Å². The van der Waals surface area contributed by atoms with Crippen LogP contribution in [-0.2, 0) is 0 Å². The van der Waals surface area contributed by atoms with Crippen LogP contribution in [0.2, 0.25) is 0 Å². The monoisotopic (exact) mass is 255 g/mol. The molecule has 1 N–H and O–H groups in total. The van der Waals surface area contributed by atoms with E-state index in [9.17, 15) is 4.79 Å². The number of hydrogen-bond donors (Lipinski definition) is 1. The van der Waals surface area contributed by atoms with Gasteiger partial charge in [0.15, 0.2) is 0 Å². The number of rotatable bonds is 4. The molecular formula is C15H17N3O. The van der Waals surface area contributed by atoms with Crippen molar-refractivity contribution in [2.45, 2.75) is 26.2 Å². The molecule has 1 aromatic heterocycles. The molecular weight excluding hydrogens is 238 g/mol. The molecule has 2 aromatic rings. The summed E-state index contributed by atoms with van der Waals surface area (Å²) in [7, 11) is 0. The second-order valence-corrected chi connectivity index (χ2v) is 4.44. The van der Waals surface area contributed by atoms with Gasteiger partial charge in [0, 0.05) is 18.1 Å². The number of anilines is 1. The van der Waals surface area contributed by atoms with Gasteiger partial charge in [-0.1, -0.05) is 32.0 Å². The zero-order valence-electron chi connectivity index (χ0n) is 11.1. The molecule has 2 rings (SSSR count). The van der Waals surface area contributed by atoms with Gasteiger partial charge in [-0.15, -0.1) is 0 Å². The Kier molecular flexibility index (Phi) is 4.23. The van der Waals surface area contributed by atoms with Gasteiger partial charge in [0.2, 0.25) is 0 Å². The Morgan fingerprint density at radius 1 is 1.32 bits per heavy atom. The van der Waals surface area contributed by atoms with Gasteiger partial charge >= 0.3 is 0 Å². The van der Waals surface area contributed by atoms with Gasteiger partial charge < -0.3 is 5.32 Å². The molecule has 0 saturated carbocycles. The van der Waals surface area contributed by atoms with Crippen molar-refractivity contribution in [2.75, 3.05) is 5.32 Å². The Hall–Kier alpha value is -2.23. The Bertz CT molecular complexity index is 554. The normalized spacial score (nSPS) is 11.9. The van der Waals surface area contributed by atoms with Gasteiger partial charge in [-0.2, -0.15) is 0 Å². The molecule has 1 heterocycles. The van der Waals surface area contributed by atoms with Crippen LogP contribution in [0.3, 0.4) is 0 Å². The third-order valence-electron chi connectivity index (χ3n) is 3.15. The first kappa shape index (κ1) is 13.2. The van der Waals surface area contributed by atoms with Crippen LogP contribution in [0.1, 0.15) is 42.2 Å². The Labute approximate surface area is 112 Å². The fourth-order valence-corrected chi connectivity index (χ4v) is 1.86. The first-order chi connectivity index (χ1) is 9.22. The predicted molar refractivity (Wildman–Crippen MR) is 75.1 cm³/mol. The maximum atomic E-state index is 12.1. The molecule has 0 radical (unpaired) electrons. The standard InChI is InChI=1S/C15H17N3O/c1-3-11(2)12-6-4-5-7-13(12)18-15(19)14-10-16-8-9-17-14/h4-11H,3H2,1-2H3,(H,18,19)/t11-/m1/s1. The lowest BCUT2D eigenvalue weighted by Crippen LogP contribution is -2.15. The van der Waals surface area contributed by atoms with E-state index in [1.165, 1.54) is 12.4 Å². The van der Waals surface area contributed by atoms with E-state index in [-0.39, 0.29) is 5.91 Å². The lowest BCUT2D eigenvalue weighted by molar-refractivity contribution is 0.102. The lowest BCUT2D eigenvalue weighted by Gasteiger charge is -2.15. The third-order valence-corrected chi connectivity index (χ3v) is 3.15. The Morgan fingerprint density at radius 3 is 2.79 bits per heavy atom. The molecule has 0 spiro atoms. The summed E-state index contributed by atoms with van der Waals surface area (Å²) >= 11 is 0. The largest absolute Gasteiger partial charge is 0.320 e. The molecule has 19 heavy (non-hydrogen) atoms. The van der Waals surface area contributed by atoms with Crippen molar-refractivity contribution in [3.63, 3.8) is 0 Å². The zero-order chi connectivity index (χ0) is 13.7.